The number of benzene rings is 2. The van der Waals surface area contributed by atoms with Gasteiger partial charge in [-0.15, -0.1) is 0 Å². The lowest BCUT2D eigenvalue weighted by Gasteiger charge is -2.55. The van der Waals surface area contributed by atoms with Crippen LogP contribution in [0.2, 0.25) is 0 Å². The molecule has 0 spiro atoms. The van der Waals surface area contributed by atoms with Gasteiger partial charge < -0.3 is 10.2 Å². The molecule has 1 amide bonds. The Morgan fingerprint density at radius 1 is 0.957 bits per heavy atom. The van der Waals surface area contributed by atoms with Gasteiger partial charge >= 0.3 is 0 Å². The van der Waals surface area contributed by atoms with E-state index in [9.17, 15) is 4.79 Å². The monoisotopic (exact) mass is 306 g/mol. The molecule has 3 nitrogen and oxygen atoms in total. The second-order valence-electron chi connectivity index (χ2n) is 7.64. The molecule has 2 aromatic rings. The third-order valence-corrected chi connectivity index (χ3v) is 6.10. The van der Waals surface area contributed by atoms with Gasteiger partial charge in [0.15, 0.2) is 0 Å². The van der Waals surface area contributed by atoms with E-state index in [2.05, 4.69) is 22.3 Å². The quantitative estimate of drug-likeness (QED) is 0.925. The summed E-state index contributed by atoms with van der Waals surface area (Å²) in [6, 6.07) is 14.6. The molecule has 0 aromatic heterocycles. The Bertz CT molecular complexity index is 741. The van der Waals surface area contributed by atoms with Crippen molar-refractivity contribution in [3.05, 3.63) is 48.0 Å². The van der Waals surface area contributed by atoms with Gasteiger partial charge in [0.25, 0.3) is 5.91 Å². The van der Waals surface area contributed by atoms with E-state index in [-0.39, 0.29) is 5.91 Å². The maximum absolute atomic E-state index is 12.8. The van der Waals surface area contributed by atoms with Crippen LogP contribution in [0, 0.1) is 17.8 Å². The molecule has 4 aliphatic rings. The summed E-state index contributed by atoms with van der Waals surface area (Å²) in [5, 5.41) is 5.70. The van der Waals surface area contributed by atoms with Gasteiger partial charge in [0, 0.05) is 31.2 Å². The zero-order valence-electron chi connectivity index (χ0n) is 13.2. The Labute approximate surface area is 136 Å². The maximum atomic E-state index is 12.8. The summed E-state index contributed by atoms with van der Waals surface area (Å²) < 4.78 is 0. The lowest BCUT2D eigenvalue weighted by Crippen LogP contribution is -2.64. The number of carbonyl (C=O) groups is 1. The molecule has 3 saturated heterocycles. The molecule has 4 bridgehead atoms. The summed E-state index contributed by atoms with van der Waals surface area (Å²) >= 11 is 0. The minimum Gasteiger partial charge on any atom is -0.349 e. The predicted molar refractivity (Wildman–Crippen MR) is 91.3 cm³/mol. The third-order valence-electron chi connectivity index (χ3n) is 6.10. The fourth-order valence-corrected chi connectivity index (χ4v) is 5.21. The van der Waals surface area contributed by atoms with Gasteiger partial charge in [0.2, 0.25) is 0 Å². The van der Waals surface area contributed by atoms with E-state index in [1.165, 1.54) is 37.9 Å². The molecule has 4 fully saturated rings. The molecule has 2 atom stereocenters. The van der Waals surface area contributed by atoms with Gasteiger partial charge in [-0.05, 0) is 53.5 Å². The summed E-state index contributed by atoms with van der Waals surface area (Å²) in [6.45, 7) is 3.64. The van der Waals surface area contributed by atoms with Crippen LogP contribution < -0.4 is 5.32 Å². The first-order valence-electron chi connectivity index (χ1n) is 8.78. The molecule has 6 rings (SSSR count). The van der Waals surface area contributed by atoms with Gasteiger partial charge in [-0.25, -0.2) is 0 Å². The molecule has 23 heavy (non-hydrogen) atoms. The average molecular weight is 306 g/mol. The van der Waals surface area contributed by atoms with Crippen molar-refractivity contribution in [2.75, 3.05) is 19.6 Å². The summed E-state index contributed by atoms with van der Waals surface area (Å²) in [5.74, 6) is 2.29. The largest absolute Gasteiger partial charge is 0.349 e. The fraction of sp³-hybridized carbons (Fsp3) is 0.450. The van der Waals surface area contributed by atoms with E-state index in [0.717, 1.165) is 16.9 Å². The van der Waals surface area contributed by atoms with Crippen LogP contribution in [-0.4, -0.2) is 36.5 Å². The minimum atomic E-state index is 0.100. The van der Waals surface area contributed by atoms with Crippen LogP contribution >= 0.6 is 0 Å². The summed E-state index contributed by atoms with van der Waals surface area (Å²) in [5.41, 5.74) is 0.790. The molecule has 0 unspecified atom stereocenters. The number of rotatable bonds is 2. The summed E-state index contributed by atoms with van der Waals surface area (Å²) in [7, 11) is 0. The Morgan fingerprint density at radius 2 is 1.70 bits per heavy atom. The first-order chi connectivity index (χ1) is 11.3. The van der Waals surface area contributed by atoms with E-state index in [1.807, 2.05) is 30.3 Å². The predicted octanol–water partition coefficient (Wildman–Crippen LogP) is 2.91. The molecular weight excluding hydrogens is 284 g/mol. The minimum absolute atomic E-state index is 0.100. The van der Waals surface area contributed by atoms with E-state index in [4.69, 9.17) is 0 Å². The van der Waals surface area contributed by atoms with E-state index >= 15 is 0 Å². The van der Waals surface area contributed by atoms with E-state index < -0.39 is 0 Å². The van der Waals surface area contributed by atoms with Crippen LogP contribution in [-0.2, 0) is 0 Å². The van der Waals surface area contributed by atoms with Gasteiger partial charge in [-0.3, -0.25) is 4.79 Å². The Balaban J connectivity index is 1.38. The smallest absolute Gasteiger partial charge is 0.251 e. The number of piperidine rings is 3. The van der Waals surface area contributed by atoms with Crippen molar-refractivity contribution in [2.24, 2.45) is 17.8 Å². The Morgan fingerprint density at radius 3 is 2.43 bits per heavy atom. The standard InChI is InChI=1S/C20H22N2O/c23-20(16-6-5-14-3-1-2-4-15(14)9-16)21-19-17-7-13-8-18(19)12-22(10-13)11-17/h1-6,9,13,17-19H,7-8,10-12H2,(H,21,23)/t13?,17-,18-,19?/m1/s1. The third kappa shape index (κ3) is 2.26. The SMILES string of the molecule is O=C(NC1[C@@H]2CC3C[C@@H]1CN(C3)C2)c1ccc2ccccc2c1. The van der Waals surface area contributed by atoms with Crippen molar-refractivity contribution in [3.63, 3.8) is 0 Å². The molecule has 0 radical (unpaired) electrons. The van der Waals surface area contributed by atoms with Gasteiger partial charge in [-0.1, -0.05) is 30.3 Å². The summed E-state index contributed by atoms with van der Waals surface area (Å²) in [6.07, 6.45) is 2.60. The molecule has 1 saturated carbocycles. The number of fused-ring (bicyclic) bond motifs is 1. The highest BCUT2D eigenvalue weighted by molar-refractivity contribution is 5.98. The van der Waals surface area contributed by atoms with E-state index in [0.29, 0.717) is 17.9 Å². The molecule has 3 heteroatoms. The van der Waals surface area contributed by atoms with Crippen LogP contribution in [0.1, 0.15) is 23.2 Å². The maximum Gasteiger partial charge on any atom is 0.251 e. The zero-order valence-corrected chi connectivity index (χ0v) is 13.2. The second-order valence-corrected chi connectivity index (χ2v) is 7.64. The first-order valence-corrected chi connectivity index (χ1v) is 8.78. The molecule has 1 N–H and O–H groups in total. The van der Waals surface area contributed by atoms with Crippen molar-refractivity contribution in [1.29, 1.82) is 0 Å². The van der Waals surface area contributed by atoms with E-state index in [1.54, 1.807) is 0 Å². The molecule has 118 valence electrons. The van der Waals surface area contributed by atoms with Crippen molar-refractivity contribution in [1.82, 2.24) is 10.2 Å². The van der Waals surface area contributed by atoms with Gasteiger partial charge in [0.05, 0.1) is 0 Å². The normalized spacial score (nSPS) is 34.7. The summed E-state index contributed by atoms with van der Waals surface area (Å²) in [4.78, 5) is 15.4. The Hall–Kier alpha value is -1.87. The molecule has 3 aliphatic heterocycles. The zero-order chi connectivity index (χ0) is 15.4. The molecule has 1 aliphatic carbocycles. The number of carbonyl (C=O) groups excluding carboxylic acids is 1. The van der Waals surface area contributed by atoms with Crippen molar-refractivity contribution < 1.29 is 4.79 Å². The number of nitrogens with zero attached hydrogens (tertiary/aromatic N) is 1. The lowest BCUT2D eigenvalue weighted by atomic mass is 9.65. The van der Waals surface area contributed by atoms with Crippen molar-refractivity contribution in [2.45, 2.75) is 18.9 Å². The highest BCUT2D eigenvalue weighted by atomic mass is 16.1. The molecule has 2 aromatic carbocycles. The number of hydrogen-bond donors (Lipinski definition) is 1. The lowest BCUT2D eigenvalue weighted by molar-refractivity contribution is -0.0418. The first kappa shape index (κ1) is 13.6. The van der Waals surface area contributed by atoms with Crippen LogP contribution in [0.4, 0.5) is 0 Å². The highest BCUT2D eigenvalue weighted by Gasteiger charge is 2.47. The van der Waals surface area contributed by atoms with Crippen LogP contribution in [0.3, 0.4) is 0 Å². The van der Waals surface area contributed by atoms with Crippen molar-refractivity contribution >= 4 is 16.7 Å². The highest BCUT2D eigenvalue weighted by Crippen LogP contribution is 2.43. The number of hydrogen-bond acceptors (Lipinski definition) is 2. The second kappa shape index (κ2) is 5.07. The van der Waals surface area contributed by atoms with Crippen molar-refractivity contribution in [3.8, 4) is 0 Å². The van der Waals surface area contributed by atoms with Crippen LogP contribution in [0.15, 0.2) is 42.5 Å². The average Bonchev–Trinajstić information content (AvgIpc) is 2.57. The van der Waals surface area contributed by atoms with Gasteiger partial charge in [0.1, 0.15) is 0 Å². The Kier molecular flexibility index (Phi) is 2.99. The van der Waals surface area contributed by atoms with Crippen LogP contribution in [0.25, 0.3) is 10.8 Å². The van der Waals surface area contributed by atoms with Crippen LogP contribution in [0.5, 0.6) is 0 Å². The van der Waals surface area contributed by atoms with Gasteiger partial charge in [-0.2, -0.15) is 0 Å². The molecule has 3 heterocycles. The topological polar surface area (TPSA) is 32.3 Å². The number of amides is 1. The number of nitrogens with one attached hydrogen (secondary N) is 1. The molecular formula is C20H22N2O. The fourth-order valence-electron chi connectivity index (χ4n) is 5.21.